The molecule has 0 aliphatic carbocycles. The van der Waals surface area contributed by atoms with E-state index in [-0.39, 0.29) is 17.4 Å². The van der Waals surface area contributed by atoms with E-state index in [1.165, 1.54) is 0 Å². The van der Waals surface area contributed by atoms with Gasteiger partial charge in [-0.3, -0.25) is 4.79 Å². The molecule has 1 fully saturated rings. The van der Waals surface area contributed by atoms with Gasteiger partial charge in [-0.05, 0) is 41.8 Å². The number of methoxy groups -OCH3 is 2. The molecule has 0 radical (unpaired) electrons. The first-order valence-corrected chi connectivity index (χ1v) is 10.5. The number of hydrogen-bond donors (Lipinski definition) is 1. The van der Waals surface area contributed by atoms with E-state index in [1.54, 1.807) is 14.2 Å². The fraction of sp³-hybridized carbons (Fsp3) is 0.350. The smallest absolute Gasteiger partial charge is 0.224 e. The molecule has 144 valence electrons. The van der Waals surface area contributed by atoms with E-state index in [1.807, 2.05) is 48.5 Å². The first-order chi connectivity index (χ1) is 12.9. The predicted octanol–water partition coefficient (Wildman–Crippen LogP) is 2.34. The van der Waals surface area contributed by atoms with Gasteiger partial charge in [-0.1, -0.05) is 24.3 Å². The van der Waals surface area contributed by atoms with Crippen LogP contribution in [0.2, 0.25) is 0 Å². The summed E-state index contributed by atoms with van der Waals surface area (Å²) in [5.41, 5.74) is 1.77. The summed E-state index contributed by atoms with van der Waals surface area (Å²) in [5.74, 6) is 0.681. The zero-order valence-electron chi connectivity index (χ0n) is 15.3. The van der Waals surface area contributed by atoms with Crippen LogP contribution < -0.4 is 14.8 Å². The van der Waals surface area contributed by atoms with Gasteiger partial charge in [0.25, 0.3) is 0 Å². The fourth-order valence-corrected chi connectivity index (χ4v) is 4.96. The highest BCUT2D eigenvalue weighted by molar-refractivity contribution is 7.91. The number of rotatable bonds is 6. The molecule has 27 heavy (non-hydrogen) atoms. The topological polar surface area (TPSA) is 81.7 Å². The molecule has 1 aliphatic heterocycles. The van der Waals surface area contributed by atoms with Gasteiger partial charge in [-0.2, -0.15) is 0 Å². The number of nitrogens with one attached hydrogen (secondary N) is 1. The average Bonchev–Trinajstić information content (AvgIpc) is 3.06. The van der Waals surface area contributed by atoms with Crippen LogP contribution in [-0.4, -0.2) is 40.1 Å². The standard InChI is InChI=1S/C20H23NO5S/c1-25-17-7-3-14(4-8-17)19(15-5-9-18(26-2)10-6-15)21-20(22)16-11-12-27(23,24)13-16/h3-10,16,19H,11-13H2,1-2H3,(H,21,22). The summed E-state index contributed by atoms with van der Waals surface area (Å²) in [6, 6.07) is 14.5. The minimum absolute atomic E-state index is 0.0703. The molecule has 1 amide bonds. The molecule has 1 N–H and O–H groups in total. The highest BCUT2D eigenvalue weighted by Gasteiger charge is 2.34. The minimum atomic E-state index is -3.12. The van der Waals surface area contributed by atoms with Gasteiger partial charge in [-0.15, -0.1) is 0 Å². The Hall–Kier alpha value is -2.54. The Bertz CT molecular complexity index is 843. The van der Waals surface area contributed by atoms with Gasteiger partial charge < -0.3 is 14.8 Å². The zero-order valence-corrected chi connectivity index (χ0v) is 16.2. The van der Waals surface area contributed by atoms with Crippen molar-refractivity contribution in [2.75, 3.05) is 25.7 Å². The van der Waals surface area contributed by atoms with Crippen molar-refractivity contribution in [1.29, 1.82) is 0 Å². The lowest BCUT2D eigenvalue weighted by atomic mass is 9.97. The number of carbonyl (C=O) groups excluding carboxylic acids is 1. The van der Waals surface area contributed by atoms with Gasteiger partial charge in [0.2, 0.25) is 5.91 Å². The summed E-state index contributed by atoms with van der Waals surface area (Å²) in [4.78, 5) is 12.7. The van der Waals surface area contributed by atoms with E-state index >= 15 is 0 Å². The molecule has 1 saturated heterocycles. The minimum Gasteiger partial charge on any atom is -0.497 e. The molecular weight excluding hydrogens is 366 g/mol. The molecule has 2 aromatic rings. The third-order valence-electron chi connectivity index (χ3n) is 4.79. The molecule has 0 spiro atoms. The van der Waals surface area contributed by atoms with Crippen LogP contribution in [0.5, 0.6) is 11.5 Å². The van der Waals surface area contributed by atoms with E-state index in [9.17, 15) is 13.2 Å². The van der Waals surface area contributed by atoms with Crippen molar-refractivity contribution < 1.29 is 22.7 Å². The van der Waals surface area contributed by atoms with Gasteiger partial charge in [0.15, 0.2) is 9.84 Å². The van der Waals surface area contributed by atoms with E-state index in [0.29, 0.717) is 6.42 Å². The van der Waals surface area contributed by atoms with Gasteiger partial charge in [0.1, 0.15) is 11.5 Å². The molecule has 6 nitrogen and oxygen atoms in total. The monoisotopic (exact) mass is 389 g/mol. The zero-order chi connectivity index (χ0) is 19.4. The maximum Gasteiger partial charge on any atom is 0.224 e. The molecule has 0 bridgehead atoms. The second kappa shape index (κ2) is 8.00. The molecule has 0 aromatic heterocycles. The highest BCUT2D eigenvalue weighted by Crippen LogP contribution is 2.27. The second-order valence-electron chi connectivity index (χ2n) is 6.59. The SMILES string of the molecule is COc1ccc(C(NC(=O)C2CCS(=O)(=O)C2)c2ccc(OC)cc2)cc1. The van der Waals surface area contributed by atoms with E-state index in [4.69, 9.17) is 9.47 Å². The third kappa shape index (κ3) is 4.60. The summed E-state index contributed by atoms with van der Waals surface area (Å²) < 4.78 is 33.8. The molecule has 0 saturated carbocycles. The summed E-state index contributed by atoms with van der Waals surface area (Å²) in [6.45, 7) is 0. The Balaban J connectivity index is 1.87. The largest absolute Gasteiger partial charge is 0.497 e. The maximum absolute atomic E-state index is 12.7. The van der Waals surface area contributed by atoms with Crippen LogP contribution in [0.25, 0.3) is 0 Å². The number of amides is 1. The van der Waals surface area contributed by atoms with Crippen molar-refractivity contribution in [2.45, 2.75) is 12.5 Å². The van der Waals surface area contributed by atoms with Crippen LogP contribution in [0.4, 0.5) is 0 Å². The summed E-state index contributed by atoms with van der Waals surface area (Å²) in [5, 5.41) is 3.02. The van der Waals surface area contributed by atoms with Crippen molar-refractivity contribution in [3.8, 4) is 11.5 Å². The molecule has 1 aliphatic rings. The molecular formula is C20H23NO5S. The number of sulfone groups is 1. The molecule has 1 heterocycles. The lowest BCUT2D eigenvalue weighted by molar-refractivity contribution is -0.124. The maximum atomic E-state index is 12.7. The quantitative estimate of drug-likeness (QED) is 0.820. The van der Waals surface area contributed by atoms with E-state index < -0.39 is 21.8 Å². The molecule has 7 heteroatoms. The average molecular weight is 389 g/mol. The number of benzene rings is 2. The Morgan fingerprint density at radius 2 is 1.44 bits per heavy atom. The summed E-state index contributed by atoms with van der Waals surface area (Å²) >= 11 is 0. The Morgan fingerprint density at radius 3 is 1.81 bits per heavy atom. The van der Waals surface area contributed by atoms with Crippen molar-refractivity contribution in [3.05, 3.63) is 59.7 Å². The third-order valence-corrected chi connectivity index (χ3v) is 6.56. The van der Waals surface area contributed by atoms with Crippen LogP contribution in [0, 0.1) is 5.92 Å². The van der Waals surface area contributed by atoms with Gasteiger partial charge >= 0.3 is 0 Å². The van der Waals surface area contributed by atoms with Crippen LogP contribution in [0.3, 0.4) is 0 Å². The number of ether oxygens (including phenoxy) is 2. The van der Waals surface area contributed by atoms with Crippen LogP contribution >= 0.6 is 0 Å². The Morgan fingerprint density at radius 1 is 0.963 bits per heavy atom. The van der Waals surface area contributed by atoms with Gasteiger partial charge in [0.05, 0.1) is 37.7 Å². The lowest BCUT2D eigenvalue weighted by Crippen LogP contribution is -2.35. The second-order valence-corrected chi connectivity index (χ2v) is 8.82. The first-order valence-electron chi connectivity index (χ1n) is 8.70. The fourth-order valence-electron chi connectivity index (χ4n) is 3.21. The Kier molecular flexibility index (Phi) is 5.70. The summed E-state index contributed by atoms with van der Waals surface area (Å²) in [6.07, 6.45) is 0.367. The van der Waals surface area contributed by atoms with Crippen molar-refractivity contribution in [3.63, 3.8) is 0 Å². The Labute approximate surface area is 159 Å². The van der Waals surface area contributed by atoms with E-state index in [0.717, 1.165) is 22.6 Å². The molecule has 3 rings (SSSR count). The summed E-state index contributed by atoms with van der Waals surface area (Å²) in [7, 11) is 0.0736. The van der Waals surface area contributed by atoms with Gasteiger partial charge in [-0.25, -0.2) is 8.42 Å². The van der Waals surface area contributed by atoms with Crippen molar-refractivity contribution in [1.82, 2.24) is 5.32 Å². The van der Waals surface area contributed by atoms with Crippen molar-refractivity contribution >= 4 is 15.7 Å². The normalized spacial score (nSPS) is 18.3. The number of carbonyl (C=O) groups is 1. The van der Waals surface area contributed by atoms with Crippen LogP contribution in [0.15, 0.2) is 48.5 Å². The highest BCUT2D eigenvalue weighted by atomic mass is 32.2. The van der Waals surface area contributed by atoms with Crippen LogP contribution in [0.1, 0.15) is 23.6 Å². The van der Waals surface area contributed by atoms with E-state index in [2.05, 4.69) is 5.32 Å². The lowest BCUT2D eigenvalue weighted by Gasteiger charge is -2.22. The molecule has 1 unspecified atom stereocenters. The van der Waals surface area contributed by atoms with Gasteiger partial charge in [0, 0.05) is 0 Å². The molecule has 1 atom stereocenters. The first kappa shape index (κ1) is 19.2. The van der Waals surface area contributed by atoms with Crippen LogP contribution in [-0.2, 0) is 14.6 Å². The number of hydrogen-bond acceptors (Lipinski definition) is 5. The molecule has 2 aromatic carbocycles. The van der Waals surface area contributed by atoms with Crippen molar-refractivity contribution in [2.24, 2.45) is 5.92 Å². The predicted molar refractivity (Wildman–Crippen MR) is 103 cm³/mol.